The van der Waals surface area contributed by atoms with Crippen LogP contribution in [-0.2, 0) is 14.3 Å². The molecule has 2 N–H and O–H groups in total. The summed E-state index contributed by atoms with van der Waals surface area (Å²) in [5.41, 5.74) is 4.37. The molecular weight excluding hydrogens is 534 g/mol. The minimum absolute atomic E-state index is 0.00577. The quantitative estimate of drug-likeness (QED) is 0.408. The number of halogens is 1. The Morgan fingerprint density at radius 3 is 2.49 bits per heavy atom. The van der Waals surface area contributed by atoms with Crippen molar-refractivity contribution < 1.29 is 24.2 Å². The number of dihydropyridines is 1. The number of nitrogens with one attached hydrogen (secondary N) is 1. The van der Waals surface area contributed by atoms with Crippen molar-refractivity contribution in [2.24, 2.45) is 0 Å². The Balaban J connectivity index is 1.58. The molecule has 0 amide bonds. The molecule has 1 fully saturated rings. The van der Waals surface area contributed by atoms with Crippen LogP contribution in [0.1, 0.15) is 74.8 Å². The Morgan fingerprint density at radius 2 is 1.78 bits per heavy atom. The molecule has 5 rings (SSSR count). The van der Waals surface area contributed by atoms with Crippen LogP contribution >= 0.6 is 15.9 Å². The van der Waals surface area contributed by atoms with E-state index in [9.17, 15) is 14.7 Å². The highest BCUT2D eigenvalue weighted by Gasteiger charge is 2.42. The lowest BCUT2D eigenvalue weighted by molar-refractivity contribution is -0.146. The maximum Gasteiger partial charge on any atom is 0.337 e. The van der Waals surface area contributed by atoms with Crippen LogP contribution in [0, 0.1) is 0 Å². The Labute approximate surface area is 225 Å². The van der Waals surface area contributed by atoms with Gasteiger partial charge in [-0.05, 0) is 84.1 Å². The van der Waals surface area contributed by atoms with E-state index < -0.39 is 11.9 Å². The first-order valence-electron chi connectivity index (χ1n) is 12.9. The molecule has 0 bridgehead atoms. The summed E-state index contributed by atoms with van der Waals surface area (Å²) in [7, 11) is 1.48. The predicted octanol–water partition coefficient (Wildman–Crippen LogP) is 6.40. The highest BCUT2D eigenvalue weighted by Crippen LogP contribution is 2.48. The van der Waals surface area contributed by atoms with E-state index in [1.807, 2.05) is 25.1 Å². The monoisotopic (exact) mass is 565 g/mol. The van der Waals surface area contributed by atoms with Gasteiger partial charge in [-0.3, -0.25) is 4.79 Å². The average Bonchev–Trinajstić information content (AvgIpc) is 2.90. The summed E-state index contributed by atoms with van der Waals surface area (Å²) in [4.78, 5) is 27.5. The zero-order valence-electron chi connectivity index (χ0n) is 21.2. The van der Waals surface area contributed by atoms with Gasteiger partial charge >= 0.3 is 5.97 Å². The summed E-state index contributed by atoms with van der Waals surface area (Å²) in [5.74, 6) is -0.706. The second-order valence-electron chi connectivity index (χ2n) is 10.1. The van der Waals surface area contributed by atoms with Gasteiger partial charge < -0.3 is 19.9 Å². The van der Waals surface area contributed by atoms with Crippen LogP contribution in [-0.4, -0.2) is 30.1 Å². The van der Waals surface area contributed by atoms with Gasteiger partial charge in [0.2, 0.25) is 0 Å². The van der Waals surface area contributed by atoms with Crippen molar-refractivity contribution in [3.8, 4) is 11.5 Å². The first-order valence-corrected chi connectivity index (χ1v) is 13.7. The van der Waals surface area contributed by atoms with Crippen LogP contribution in [0.2, 0.25) is 0 Å². The van der Waals surface area contributed by atoms with E-state index in [1.54, 1.807) is 12.1 Å². The van der Waals surface area contributed by atoms with E-state index in [4.69, 9.17) is 9.47 Å². The molecule has 0 unspecified atom stereocenters. The molecule has 2 aromatic rings. The third-order valence-electron chi connectivity index (χ3n) is 7.75. The molecule has 0 saturated heterocycles. The van der Waals surface area contributed by atoms with Gasteiger partial charge in [0.05, 0.1) is 17.2 Å². The molecule has 0 radical (unpaired) electrons. The van der Waals surface area contributed by atoms with Crippen molar-refractivity contribution in [3.05, 3.63) is 80.6 Å². The lowest BCUT2D eigenvalue weighted by atomic mass is 9.71. The number of rotatable bonds is 5. The number of allylic oxidation sites excluding steroid dienone is 3. The van der Waals surface area contributed by atoms with Gasteiger partial charge in [-0.2, -0.15) is 0 Å². The third kappa shape index (κ3) is 5.06. The van der Waals surface area contributed by atoms with Gasteiger partial charge in [0.1, 0.15) is 6.10 Å². The molecule has 0 spiro atoms. The minimum Gasteiger partial charge on any atom is -0.503 e. The number of carbonyl (C=O) groups is 2. The standard InChI is InChI=1S/C30H32BrNO5/c1-17-26(30(35)37-21-11-7-4-8-12-21)27(20-13-22(31)29(34)25(16-20)36-2)28-23(32-17)14-19(15-24(28)33)18-9-5-3-6-10-18/h3,5-6,9-10,13,16,19,21,27,32,34H,4,7-8,11-12,14-15H2,1-2H3/t19-,27-/m1/s1. The molecule has 37 heavy (non-hydrogen) atoms. The summed E-state index contributed by atoms with van der Waals surface area (Å²) >= 11 is 3.42. The van der Waals surface area contributed by atoms with E-state index in [0.29, 0.717) is 39.7 Å². The van der Waals surface area contributed by atoms with Crippen molar-refractivity contribution in [2.75, 3.05) is 7.11 Å². The Bertz CT molecular complexity index is 1280. The maximum absolute atomic E-state index is 13.8. The molecule has 7 heteroatoms. The van der Waals surface area contributed by atoms with Crippen LogP contribution in [0.5, 0.6) is 11.5 Å². The van der Waals surface area contributed by atoms with Crippen molar-refractivity contribution in [3.63, 3.8) is 0 Å². The molecular formula is C30H32BrNO5. The van der Waals surface area contributed by atoms with Gasteiger partial charge in [0.15, 0.2) is 17.3 Å². The number of aromatic hydroxyl groups is 1. The van der Waals surface area contributed by atoms with Gasteiger partial charge in [0, 0.05) is 29.3 Å². The van der Waals surface area contributed by atoms with Crippen LogP contribution in [0.25, 0.3) is 0 Å². The fourth-order valence-electron chi connectivity index (χ4n) is 5.92. The largest absolute Gasteiger partial charge is 0.503 e. The average molecular weight is 566 g/mol. The van der Waals surface area contributed by atoms with Crippen molar-refractivity contribution in [1.29, 1.82) is 0 Å². The number of hydrogen-bond acceptors (Lipinski definition) is 6. The van der Waals surface area contributed by atoms with Gasteiger partial charge in [-0.1, -0.05) is 36.8 Å². The molecule has 1 heterocycles. The number of esters is 1. The highest BCUT2D eigenvalue weighted by atomic mass is 79.9. The Morgan fingerprint density at radius 1 is 1.05 bits per heavy atom. The van der Waals surface area contributed by atoms with Crippen LogP contribution < -0.4 is 10.1 Å². The second kappa shape index (κ2) is 10.7. The van der Waals surface area contributed by atoms with Crippen molar-refractivity contribution >= 4 is 27.7 Å². The zero-order chi connectivity index (χ0) is 26.1. The molecule has 3 aliphatic rings. The van der Waals surface area contributed by atoms with E-state index in [-0.39, 0.29) is 29.3 Å². The summed E-state index contributed by atoms with van der Waals surface area (Å²) in [6.07, 6.45) is 5.91. The fraction of sp³-hybridized carbons (Fsp3) is 0.400. The van der Waals surface area contributed by atoms with Gasteiger partial charge in [-0.25, -0.2) is 4.79 Å². The van der Waals surface area contributed by atoms with Crippen molar-refractivity contribution in [2.45, 2.75) is 69.8 Å². The molecule has 6 nitrogen and oxygen atoms in total. The molecule has 2 aliphatic carbocycles. The van der Waals surface area contributed by atoms with E-state index in [2.05, 4.69) is 33.4 Å². The van der Waals surface area contributed by atoms with E-state index >= 15 is 0 Å². The van der Waals surface area contributed by atoms with Crippen LogP contribution in [0.15, 0.2) is 69.5 Å². The lowest BCUT2D eigenvalue weighted by Gasteiger charge is -2.37. The van der Waals surface area contributed by atoms with E-state index in [0.717, 1.165) is 43.4 Å². The first kappa shape index (κ1) is 25.6. The number of phenols is 1. The number of Topliss-reactive ketones (excluding diaryl/α,β-unsaturated/α-hetero) is 1. The molecule has 1 saturated carbocycles. The smallest absolute Gasteiger partial charge is 0.337 e. The molecule has 2 atom stereocenters. The van der Waals surface area contributed by atoms with Crippen LogP contribution in [0.4, 0.5) is 0 Å². The number of methoxy groups -OCH3 is 1. The first-order chi connectivity index (χ1) is 17.9. The number of carbonyl (C=O) groups excluding carboxylic acids is 2. The zero-order valence-corrected chi connectivity index (χ0v) is 22.8. The Kier molecular flexibility index (Phi) is 7.43. The molecule has 1 aliphatic heterocycles. The number of ketones is 1. The van der Waals surface area contributed by atoms with E-state index in [1.165, 1.54) is 7.11 Å². The van der Waals surface area contributed by atoms with Crippen LogP contribution in [0.3, 0.4) is 0 Å². The number of benzene rings is 2. The Hall–Kier alpha value is -3.06. The second-order valence-corrected chi connectivity index (χ2v) is 11.0. The number of hydrogen-bond donors (Lipinski definition) is 2. The summed E-state index contributed by atoms with van der Waals surface area (Å²) < 4.78 is 11.9. The topological polar surface area (TPSA) is 84.9 Å². The normalized spacial score (nSPS) is 22.4. The maximum atomic E-state index is 13.8. The van der Waals surface area contributed by atoms with Gasteiger partial charge in [0.25, 0.3) is 0 Å². The molecule has 194 valence electrons. The fourth-order valence-corrected chi connectivity index (χ4v) is 6.38. The highest BCUT2D eigenvalue weighted by molar-refractivity contribution is 9.10. The SMILES string of the molecule is COc1cc([C@@H]2C(C(=O)OC3CCCCC3)=C(C)NC3=C2C(=O)C[C@H](c2ccccc2)C3)cc(Br)c1O. The number of phenolic OH excluding ortho intramolecular Hbond substituents is 1. The summed E-state index contributed by atoms with van der Waals surface area (Å²) in [6.45, 7) is 1.87. The third-order valence-corrected chi connectivity index (χ3v) is 8.35. The van der Waals surface area contributed by atoms with Crippen molar-refractivity contribution in [1.82, 2.24) is 5.32 Å². The molecule has 0 aromatic heterocycles. The van der Waals surface area contributed by atoms with Gasteiger partial charge in [-0.15, -0.1) is 0 Å². The summed E-state index contributed by atoms with van der Waals surface area (Å²) in [5, 5.41) is 13.9. The predicted molar refractivity (Wildman–Crippen MR) is 144 cm³/mol. The summed E-state index contributed by atoms with van der Waals surface area (Å²) in [6, 6.07) is 13.5. The lowest BCUT2D eigenvalue weighted by Crippen LogP contribution is -2.37. The number of ether oxygens (including phenoxy) is 2. The minimum atomic E-state index is -0.623. The molecule has 2 aromatic carbocycles.